The molecule has 0 bridgehead atoms. The molecule has 1 aromatic carbocycles. The third kappa shape index (κ3) is 3.69. The second-order valence-electron chi connectivity index (χ2n) is 6.71. The van der Waals surface area contributed by atoms with Crippen molar-refractivity contribution in [3.05, 3.63) is 48.3 Å². The monoisotopic (exact) mass is 320 g/mol. The highest BCUT2D eigenvalue weighted by Gasteiger charge is 2.33. The Balaban J connectivity index is 0.00000176. The van der Waals surface area contributed by atoms with Gasteiger partial charge in [-0.05, 0) is 35.6 Å². The van der Waals surface area contributed by atoms with Gasteiger partial charge in [-0.1, -0.05) is 26.0 Å². The highest BCUT2D eigenvalue weighted by atomic mass is 35.5. The number of likely N-dealkylation sites (tertiary alicyclic amines) is 1. The van der Waals surface area contributed by atoms with Gasteiger partial charge in [-0.2, -0.15) is 5.10 Å². The maximum Gasteiger partial charge on any atom is 0.0648 e. The zero-order valence-corrected chi connectivity index (χ0v) is 14.1. The summed E-state index contributed by atoms with van der Waals surface area (Å²) in [6, 6.07) is 10.9. The summed E-state index contributed by atoms with van der Waals surface area (Å²) in [5.74, 6) is 0. The summed E-state index contributed by atoms with van der Waals surface area (Å²) in [7, 11) is 0. The van der Waals surface area contributed by atoms with Crippen LogP contribution in [0.3, 0.4) is 0 Å². The molecule has 0 spiro atoms. The predicted molar refractivity (Wildman–Crippen MR) is 92.5 cm³/mol. The Kier molecular flexibility index (Phi) is 5.27. The number of rotatable bonds is 3. The average Bonchev–Trinajstić information content (AvgIpc) is 2.97. The Morgan fingerprint density at radius 1 is 1.32 bits per heavy atom. The van der Waals surface area contributed by atoms with Crippen molar-refractivity contribution in [2.45, 2.75) is 32.9 Å². The van der Waals surface area contributed by atoms with Crippen molar-refractivity contribution >= 4 is 12.4 Å². The molecule has 22 heavy (non-hydrogen) atoms. The summed E-state index contributed by atoms with van der Waals surface area (Å²) < 4.78 is 1.90. The number of benzene rings is 1. The molecule has 1 fully saturated rings. The lowest BCUT2D eigenvalue weighted by molar-refractivity contribution is 0.0899. The number of aromatic nitrogens is 2. The zero-order chi connectivity index (χ0) is 14.9. The van der Waals surface area contributed by atoms with Crippen LogP contribution in [0.4, 0.5) is 0 Å². The van der Waals surface area contributed by atoms with E-state index in [-0.39, 0.29) is 17.8 Å². The van der Waals surface area contributed by atoms with E-state index in [9.17, 15) is 0 Å². The summed E-state index contributed by atoms with van der Waals surface area (Å²) in [5.41, 5.74) is 8.85. The van der Waals surface area contributed by atoms with Gasteiger partial charge in [0.15, 0.2) is 0 Å². The molecule has 1 atom stereocenters. The molecule has 3 rings (SSSR count). The fourth-order valence-corrected chi connectivity index (χ4v) is 3.10. The number of hydrogen-bond donors (Lipinski definition) is 1. The largest absolute Gasteiger partial charge is 0.327 e. The van der Waals surface area contributed by atoms with Crippen molar-refractivity contribution in [3.63, 3.8) is 0 Å². The van der Waals surface area contributed by atoms with Gasteiger partial charge in [-0.3, -0.25) is 4.90 Å². The molecule has 1 aliphatic heterocycles. The first-order chi connectivity index (χ1) is 10.0. The zero-order valence-electron chi connectivity index (χ0n) is 13.3. The average molecular weight is 321 g/mol. The van der Waals surface area contributed by atoms with E-state index in [0.717, 1.165) is 31.7 Å². The lowest BCUT2D eigenvalue weighted by atomic mass is 9.79. The minimum atomic E-state index is 0. The van der Waals surface area contributed by atoms with E-state index < -0.39 is 0 Å². The molecular weight excluding hydrogens is 296 g/mol. The summed E-state index contributed by atoms with van der Waals surface area (Å²) in [4.78, 5) is 2.51. The minimum absolute atomic E-state index is 0. The van der Waals surface area contributed by atoms with Gasteiger partial charge < -0.3 is 5.73 Å². The quantitative estimate of drug-likeness (QED) is 0.946. The molecule has 1 aromatic heterocycles. The predicted octanol–water partition coefficient (Wildman–Crippen LogP) is 2.85. The van der Waals surface area contributed by atoms with Crippen LogP contribution in [-0.4, -0.2) is 33.8 Å². The minimum Gasteiger partial charge on any atom is -0.327 e. The van der Waals surface area contributed by atoms with Crippen LogP contribution in [0.5, 0.6) is 0 Å². The summed E-state index contributed by atoms with van der Waals surface area (Å²) >= 11 is 0. The first kappa shape index (κ1) is 17.0. The fourth-order valence-electron chi connectivity index (χ4n) is 3.10. The van der Waals surface area contributed by atoms with E-state index >= 15 is 0 Å². The van der Waals surface area contributed by atoms with Crippen LogP contribution in [0.15, 0.2) is 42.7 Å². The highest BCUT2D eigenvalue weighted by molar-refractivity contribution is 5.85. The molecule has 0 radical (unpaired) electrons. The van der Waals surface area contributed by atoms with Crippen LogP contribution in [0.1, 0.15) is 25.8 Å². The molecule has 120 valence electrons. The first-order valence-electron chi connectivity index (χ1n) is 7.61. The molecule has 2 heterocycles. The molecular formula is C17H25ClN4. The molecule has 0 amide bonds. The van der Waals surface area contributed by atoms with E-state index in [4.69, 9.17) is 5.73 Å². The van der Waals surface area contributed by atoms with E-state index in [2.05, 4.69) is 48.1 Å². The number of nitrogens with two attached hydrogens (primary N) is 1. The normalized spacial score (nSPS) is 21.3. The van der Waals surface area contributed by atoms with Gasteiger partial charge in [0.1, 0.15) is 0 Å². The molecule has 0 saturated carbocycles. The Labute approximate surface area is 138 Å². The second-order valence-corrected chi connectivity index (χ2v) is 6.71. The van der Waals surface area contributed by atoms with Crippen LogP contribution in [0, 0.1) is 5.41 Å². The highest BCUT2D eigenvalue weighted by Crippen LogP contribution is 2.28. The maximum absolute atomic E-state index is 6.22. The van der Waals surface area contributed by atoms with Crippen molar-refractivity contribution in [1.82, 2.24) is 14.7 Å². The van der Waals surface area contributed by atoms with E-state index in [1.54, 1.807) is 6.20 Å². The van der Waals surface area contributed by atoms with Gasteiger partial charge in [0.25, 0.3) is 0 Å². The lowest BCUT2D eigenvalue weighted by Gasteiger charge is -2.42. The maximum atomic E-state index is 6.22. The van der Waals surface area contributed by atoms with Crippen LogP contribution in [0.25, 0.3) is 5.69 Å². The van der Waals surface area contributed by atoms with Crippen molar-refractivity contribution in [1.29, 1.82) is 0 Å². The molecule has 2 N–H and O–H groups in total. The summed E-state index contributed by atoms with van der Waals surface area (Å²) in [6.07, 6.45) is 4.86. The SMILES string of the molecule is CC1(C)CN(Cc2cccc(-n3cccn3)c2)CCC1N.Cl. The van der Waals surface area contributed by atoms with E-state index in [1.165, 1.54) is 5.56 Å². The number of piperidine rings is 1. The number of nitrogens with zero attached hydrogens (tertiary/aromatic N) is 3. The Bertz CT molecular complexity index is 594. The van der Waals surface area contributed by atoms with Gasteiger partial charge in [-0.25, -0.2) is 4.68 Å². The fraction of sp³-hybridized carbons (Fsp3) is 0.471. The van der Waals surface area contributed by atoms with Crippen molar-refractivity contribution in [2.24, 2.45) is 11.1 Å². The Morgan fingerprint density at radius 2 is 2.14 bits per heavy atom. The van der Waals surface area contributed by atoms with Crippen LogP contribution in [-0.2, 0) is 6.54 Å². The van der Waals surface area contributed by atoms with E-state index in [1.807, 2.05) is 16.9 Å². The Hall–Kier alpha value is -1.36. The molecule has 1 saturated heterocycles. The van der Waals surface area contributed by atoms with Gasteiger partial charge in [0.2, 0.25) is 0 Å². The van der Waals surface area contributed by atoms with Crippen molar-refractivity contribution in [2.75, 3.05) is 13.1 Å². The van der Waals surface area contributed by atoms with Gasteiger partial charge in [0.05, 0.1) is 5.69 Å². The van der Waals surface area contributed by atoms with Crippen LogP contribution >= 0.6 is 12.4 Å². The van der Waals surface area contributed by atoms with Gasteiger partial charge >= 0.3 is 0 Å². The third-order valence-electron chi connectivity index (χ3n) is 4.48. The van der Waals surface area contributed by atoms with E-state index in [0.29, 0.717) is 6.04 Å². The number of halogens is 1. The summed E-state index contributed by atoms with van der Waals surface area (Å²) in [5, 5.41) is 4.29. The summed E-state index contributed by atoms with van der Waals surface area (Å²) in [6.45, 7) is 7.65. The van der Waals surface area contributed by atoms with Crippen molar-refractivity contribution < 1.29 is 0 Å². The Morgan fingerprint density at radius 3 is 2.82 bits per heavy atom. The van der Waals surface area contributed by atoms with Crippen LogP contribution < -0.4 is 5.73 Å². The second kappa shape index (κ2) is 6.82. The number of hydrogen-bond acceptors (Lipinski definition) is 3. The molecule has 1 unspecified atom stereocenters. The molecule has 2 aromatic rings. The standard InChI is InChI=1S/C17H24N4.ClH/c1-17(2)13-20(10-7-16(17)18)12-14-5-3-6-15(11-14)21-9-4-8-19-21;/h3-6,8-9,11,16H,7,10,12-13,18H2,1-2H3;1H. The van der Waals surface area contributed by atoms with Gasteiger partial charge in [0, 0.05) is 38.1 Å². The van der Waals surface area contributed by atoms with Gasteiger partial charge in [-0.15, -0.1) is 12.4 Å². The van der Waals surface area contributed by atoms with Crippen molar-refractivity contribution in [3.8, 4) is 5.69 Å². The first-order valence-corrected chi connectivity index (χ1v) is 7.61. The molecule has 4 nitrogen and oxygen atoms in total. The molecule has 0 aliphatic carbocycles. The third-order valence-corrected chi connectivity index (χ3v) is 4.48. The molecule has 5 heteroatoms. The lowest BCUT2D eigenvalue weighted by Crippen LogP contribution is -2.52. The smallest absolute Gasteiger partial charge is 0.0648 e. The molecule has 1 aliphatic rings. The topological polar surface area (TPSA) is 47.1 Å². The van der Waals surface area contributed by atoms with Crippen LogP contribution in [0.2, 0.25) is 0 Å².